The van der Waals surface area contributed by atoms with Gasteiger partial charge in [-0.1, -0.05) is 12.1 Å². The van der Waals surface area contributed by atoms with Gasteiger partial charge in [-0.05, 0) is 61.6 Å². The number of hydrogen-bond acceptors (Lipinski definition) is 5. The minimum atomic E-state index is -0.399. The summed E-state index contributed by atoms with van der Waals surface area (Å²) < 4.78 is 10.9. The number of likely N-dealkylation sites (N-methyl/N-ethyl adjacent to an activating group) is 1. The van der Waals surface area contributed by atoms with E-state index in [1.54, 1.807) is 24.1 Å². The van der Waals surface area contributed by atoms with Crippen molar-refractivity contribution in [2.24, 2.45) is 0 Å². The summed E-state index contributed by atoms with van der Waals surface area (Å²) in [6.07, 6.45) is 3.82. The Balaban J connectivity index is 1.33. The molecule has 0 atom stereocenters. The van der Waals surface area contributed by atoms with E-state index in [2.05, 4.69) is 29.2 Å². The zero-order chi connectivity index (χ0) is 21.8. The number of nitrogens with zero attached hydrogens (tertiary/aromatic N) is 2. The molecule has 0 saturated carbocycles. The molecule has 1 aliphatic heterocycles. The Morgan fingerprint density at radius 1 is 1.06 bits per heavy atom. The highest BCUT2D eigenvalue weighted by Gasteiger charge is 2.13. The van der Waals surface area contributed by atoms with Gasteiger partial charge >= 0.3 is 5.63 Å². The van der Waals surface area contributed by atoms with Crippen LogP contribution in [0.15, 0.2) is 57.7 Å². The van der Waals surface area contributed by atoms with Crippen molar-refractivity contribution in [2.45, 2.75) is 32.7 Å². The van der Waals surface area contributed by atoms with Crippen LogP contribution in [0.5, 0.6) is 5.75 Å². The summed E-state index contributed by atoms with van der Waals surface area (Å²) >= 11 is 0. The van der Waals surface area contributed by atoms with E-state index >= 15 is 0 Å². The number of amides is 1. The zero-order valence-electron chi connectivity index (χ0n) is 18.1. The molecule has 6 nitrogen and oxygen atoms in total. The number of carbonyl (C=O) groups excluding carboxylic acids is 1. The molecule has 2 heterocycles. The summed E-state index contributed by atoms with van der Waals surface area (Å²) in [6.45, 7) is 4.54. The predicted molar refractivity (Wildman–Crippen MR) is 122 cm³/mol. The molecule has 0 N–H and O–H groups in total. The van der Waals surface area contributed by atoms with Crippen LogP contribution in [0.1, 0.15) is 30.4 Å². The van der Waals surface area contributed by atoms with Gasteiger partial charge < -0.3 is 19.0 Å². The van der Waals surface area contributed by atoms with Crippen LogP contribution in [0, 0.1) is 6.92 Å². The minimum absolute atomic E-state index is 0.0794. The smallest absolute Gasteiger partial charge is 0.336 e. The first kappa shape index (κ1) is 21.0. The van der Waals surface area contributed by atoms with Crippen LogP contribution in [0.4, 0.5) is 5.69 Å². The summed E-state index contributed by atoms with van der Waals surface area (Å²) in [5, 5.41) is 0.850. The van der Waals surface area contributed by atoms with Crippen molar-refractivity contribution in [2.75, 3.05) is 31.6 Å². The van der Waals surface area contributed by atoms with Crippen molar-refractivity contribution in [1.82, 2.24) is 4.90 Å². The monoisotopic (exact) mass is 420 g/mol. The lowest BCUT2D eigenvalue weighted by Crippen LogP contribution is -2.31. The predicted octanol–water partition coefficient (Wildman–Crippen LogP) is 4.13. The second kappa shape index (κ2) is 9.25. The third-order valence-corrected chi connectivity index (χ3v) is 5.79. The van der Waals surface area contributed by atoms with Crippen LogP contribution in [0.25, 0.3) is 11.0 Å². The van der Waals surface area contributed by atoms with Crippen molar-refractivity contribution < 1.29 is 13.9 Å². The summed E-state index contributed by atoms with van der Waals surface area (Å²) in [5.74, 6) is 0.375. The number of anilines is 1. The molecule has 0 radical (unpaired) electrons. The molecule has 3 aromatic rings. The molecular formula is C25H28N2O4. The molecule has 1 fully saturated rings. The molecule has 1 aromatic heterocycles. The summed E-state index contributed by atoms with van der Waals surface area (Å²) in [5.41, 5.74) is 3.24. The normalized spacial score (nSPS) is 13.9. The maximum Gasteiger partial charge on any atom is 0.336 e. The van der Waals surface area contributed by atoms with Gasteiger partial charge in [0, 0.05) is 49.9 Å². The summed E-state index contributed by atoms with van der Waals surface area (Å²) in [4.78, 5) is 28.2. The number of benzene rings is 2. The largest absolute Gasteiger partial charge is 0.484 e. The van der Waals surface area contributed by atoms with Crippen molar-refractivity contribution in [3.8, 4) is 5.75 Å². The fourth-order valence-electron chi connectivity index (χ4n) is 3.98. The van der Waals surface area contributed by atoms with Gasteiger partial charge in [0.05, 0.1) is 0 Å². The van der Waals surface area contributed by atoms with E-state index in [0.29, 0.717) is 17.9 Å². The van der Waals surface area contributed by atoms with Crippen molar-refractivity contribution >= 4 is 22.6 Å². The standard InChI is InChI=1S/C25H28N2O4/c1-18-14-25(29)31-23-15-21(10-11-22(18)23)30-17-24(28)26(2)16-19-6-8-20(9-7-19)27-12-4-3-5-13-27/h6-11,14-15H,3-5,12-13,16-17H2,1-2H3. The highest BCUT2D eigenvalue weighted by molar-refractivity contribution is 5.81. The molecule has 162 valence electrons. The van der Waals surface area contributed by atoms with E-state index in [1.165, 1.54) is 31.0 Å². The topological polar surface area (TPSA) is 63.0 Å². The first-order chi connectivity index (χ1) is 15.0. The van der Waals surface area contributed by atoms with Gasteiger partial charge in [0.25, 0.3) is 5.91 Å². The van der Waals surface area contributed by atoms with Gasteiger partial charge in [-0.3, -0.25) is 4.79 Å². The van der Waals surface area contributed by atoms with Gasteiger partial charge in [0.15, 0.2) is 6.61 Å². The van der Waals surface area contributed by atoms with E-state index in [9.17, 15) is 9.59 Å². The van der Waals surface area contributed by atoms with Crippen LogP contribution in [-0.4, -0.2) is 37.6 Å². The maximum absolute atomic E-state index is 12.5. The van der Waals surface area contributed by atoms with Crippen LogP contribution in [0.2, 0.25) is 0 Å². The van der Waals surface area contributed by atoms with E-state index in [4.69, 9.17) is 9.15 Å². The Hall–Kier alpha value is -3.28. The fraction of sp³-hybridized carbons (Fsp3) is 0.360. The van der Waals surface area contributed by atoms with E-state index in [-0.39, 0.29) is 12.5 Å². The molecule has 6 heteroatoms. The molecule has 0 bridgehead atoms. The lowest BCUT2D eigenvalue weighted by molar-refractivity contribution is -0.132. The molecular weight excluding hydrogens is 392 g/mol. The third-order valence-electron chi connectivity index (χ3n) is 5.79. The first-order valence-corrected chi connectivity index (χ1v) is 10.7. The van der Waals surface area contributed by atoms with E-state index in [1.807, 2.05) is 13.0 Å². The molecule has 0 unspecified atom stereocenters. The van der Waals surface area contributed by atoms with Gasteiger partial charge in [-0.25, -0.2) is 4.79 Å². The number of ether oxygens (including phenoxy) is 1. The number of rotatable bonds is 6. The van der Waals surface area contributed by atoms with Crippen molar-refractivity contribution in [3.63, 3.8) is 0 Å². The maximum atomic E-state index is 12.5. The van der Waals surface area contributed by atoms with Gasteiger partial charge in [-0.15, -0.1) is 0 Å². The third kappa shape index (κ3) is 5.08. The van der Waals surface area contributed by atoms with Crippen LogP contribution in [-0.2, 0) is 11.3 Å². The quantitative estimate of drug-likeness (QED) is 0.561. The number of hydrogen-bond donors (Lipinski definition) is 0. The Bertz CT molecular complexity index is 1110. The molecule has 0 spiro atoms. The molecule has 1 amide bonds. The first-order valence-electron chi connectivity index (χ1n) is 10.7. The Morgan fingerprint density at radius 2 is 1.81 bits per heavy atom. The van der Waals surface area contributed by atoms with Crippen LogP contribution >= 0.6 is 0 Å². The van der Waals surface area contributed by atoms with Crippen molar-refractivity contribution in [3.05, 3.63) is 70.1 Å². The Kier molecular flexibility index (Phi) is 6.26. The number of carbonyl (C=O) groups is 1. The molecule has 2 aromatic carbocycles. The number of fused-ring (bicyclic) bond motifs is 1. The molecule has 1 aliphatic rings. The highest BCUT2D eigenvalue weighted by Crippen LogP contribution is 2.23. The lowest BCUT2D eigenvalue weighted by atomic mass is 10.1. The fourth-order valence-corrected chi connectivity index (χ4v) is 3.98. The zero-order valence-corrected chi connectivity index (χ0v) is 18.1. The van der Waals surface area contributed by atoms with Crippen molar-refractivity contribution in [1.29, 1.82) is 0 Å². The average molecular weight is 421 g/mol. The molecule has 4 rings (SSSR count). The molecule has 31 heavy (non-hydrogen) atoms. The molecule has 0 aliphatic carbocycles. The van der Waals surface area contributed by atoms with Gasteiger partial charge in [0.2, 0.25) is 0 Å². The second-order valence-corrected chi connectivity index (χ2v) is 8.16. The Morgan fingerprint density at radius 3 is 2.55 bits per heavy atom. The number of piperidine rings is 1. The van der Waals surface area contributed by atoms with Crippen LogP contribution in [0.3, 0.4) is 0 Å². The molecule has 1 saturated heterocycles. The van der Waals surface area contributed by atoms with E-state index in [0.717, 1.165) is 29.6 Å². The summed E-state index contributed by atoms with van der Waals surface area (Å²) in [7, 11) is 1.77. The Labute approximate surface area is 182 Å². The lowest BCUT2D eigenvalue weighted by Gasteiger charge is -2.29. The average Bonchev–Trinajstić information content (AvgIpc) is 2.78. The number of aryl methyl sites for hydroxylation is 1. The van der Waals surface area contributed by atoms with Gasteiger partial charge in [-0.2, -0.15) is 0 Å². The second-order valence-electron chi connectivity index (χ2n) is 8.16. The highest BCUT2D eigenvalue weighted by atomic mass is 16.5. The van der Waals surface area contributed by atoms with E-state index < -0.39 is 5.63 Å². The minimum Gasteiger partial charge on any atom is -0.484 e. The SMILES string of the molecule is Cc1cc(=O)oc2cc(OCC(=O)N(C)Cc3ccc(N4CCCCC4)cc3)ccc12. The van der Waals surface area contributed by atoms with Gasteiger partial charge in [0.1, 0.15) is 11.3 Å². The van der Waals surface area contributed by atoms with Crippen LogP contribution < -0.4 is 15.3 Å². The summed E-state index contributed by atoms with van der Waals surface area (Å²) in [6, 6.07) is 15.2.